The van der Waals surface area contributed by atoms with Gasteiger partial charge in [0.1, 0.15) is 12.1 Å². The van der Waals surface area contributed by atoms with Gasteiger partial charge in [0.15, 0.2) is 0 Å². The highest BCUT2D eigenvalue weighted by atomic mass is 32.2. The summed E-state index contributed by atoms with van der Waals surface area (Å²) in [4.78, 5) is 8.31. The first kappa shape index (κ1) is 16.4. The lowest BCUT2D eigenvalue weighted by Gasteiger charge is -2.09. The SMILES string of the molecule is COc1ccc(-c2cc(CNS(=O)(=O)C(C)C)ncn2)cc1. The lowest BCUT2D eigenvalue weighted by molar-refractivity contribution is 0.415. The fraction of sp³-hybridized carbons (Fsp3) is 0.333. The normalized spacial score (nSPS) is 11.6. The number of nitrogens with zero attached hydrogens (tertiary/aromatic N) is 2. The average molecular weight is 321 g/mol. The number of ether oxygens (including phenoxy) is 1. The van der Waals surface area contributed by atoms with E-state index in [4.69, 9.17) is 4.74 Å². The zero-order valence-corrected chi connectivity index (χ0v) is 13.6. The molecule has 0 aliphatic heterocycles. The van der Waals surface area contributed by atoms with Crippen LogP contribution in [0.25, 0.3) is 11.3 Å². The molecule has 0 amide bonds. The van der Waals surface area contributed by atoms with Crippen molar-refractivity contribution in [2.45, 2.75) is 25.6 Å². The van der Waals surface area contributed by atoms with Crippen molar-refractivity contribution in [3.63, 3.8) is 0 Å². The monoisotopic (exact) mass is 321 g/mol. The van der Waals surface area contributed by atoms with Crippen molar-refractivity contribution < 1.29 is 13.2 Å². The van der Waals surface area contributed by atoms with Crippen LogP contribution in [0.2, 0.25) is 0 Å². The van der Waals surface area contributed by atoms with Gasteiger partial charge in [-0.25, -0.2) is 23.1 Å². The first-order chi connectivity index (χ1) is 10.4. The van der Waals surface area contributed by atoms with Crippen molar-refractivity contribution >= 4 is 10.0 Å². The van der Waals surface area contributed by atoms with E-state index in [0.717, 1.165) is 17.0 Å². The van der Waals surface area contributed by atoms with E-state index >= 15 is 0 Å². The molecule has 22 heavy (non-hydrogen) atoms. The van der Waals surface area contributed by atoms with Crippen molar-refractivity contribution in [2.75, 3.05) is 7.11 Å². The molecule has 6 nitrogen and oxygen atoms in total. The third-order valence-electron chi connectivity index (χ3n) is 3.18. The molecule has 0 saturated heterocycles. The number of rotatable bonds is 6. The lowest BCUT2D eigenvalue weighted by atomic mass is 10.1. The van der Waals surface area contributed by atoms with Gasteiger partial charge in [-0.3, -0.25) is 0 Å². The van der Waals surface area contributed by atoms with Gasteiger partial charge in [0.05, 0.1) is 30.3 Å². The minimum absolute atomic E-state index is 0.145. The van der Waals surface area contributed by atoms with Gasteiger partial charge in [0, 0.05) is 5.56 Å². The van der Waals surface area contributed by atoms with Crippen molar-refractivity contribution in [2.24, 2.45) is 0 Å². The third-order valence-corrected chi connectivity index (χ3v) is 4.97. The second-order valence-corrected chi connectivity index (χ2v) is 7.36. The van der Waals surface area contributed by atoms with Crippen LogP contribution in [0.5, 0.6) is 5.75 Å². The molecular formula is C15H19N3O3S. The molecule has 1 heterocycles. The Kier molecular flexibility index (Phi) is 5.10. The van der Waals surface area contributed by atoms with Crippen molar-refractivity contribution in [1.82, 2.24) is 14.7 Å². The van der Waals surface area contributed by atoms with Crippen molar-refractivity contribution in [3.05, 3.63) is 42.4 Å². The largest absolute Gasteiger partial charge is 0.497 e. The van der Waals surface area contributed by atoms with E-state index < -0.39 is 15.3 Å². The molecule has 0 aliphatic carbocycles. The van der Waals surface area contributed by atoms with E-state index in [2.05, 4.69) is 14.7 Å². The molecule has 2 rings (SSSR count). The predicted molar refractivity (Wildman–Crippen MR) is 84.9 cm³/mol. The van der Waals surface area contributed by atoms with E-state index in [1.807, 2.05) is 24.3 Å². The molecule has 0 unspecified atom stereocenters. The second-order valence-electron chi connectivity index (χ2n) is 5.04. The molecule has 1 N–H and O–H groups in total. The maximum Gasteiger partial charge on any atom is 0.214 e. The van der Waals surface area contributed by atoms with E-state index in [1.54, 1.807) is 27.0 Å². The van der Waals surface area contributed by atoms with Gasteiger partial charge in [-0.2, -0.15) is 0 Å². The van der Waals surface area contributed by atoms with Gasteiger partial charge in [-0.1, -0.05) is 0 Å². The fourth-order valence-electron chi connectivity index (χ4n) is 1.76. The second kappa shape index (κ2) is 6.85. The Labute approximate surface area is 130 Å². The smallest absolute Gasteiger partial charge is 0.214 e. The van der Waals surface area contributed by atoms with Gasteiger partial charge in [0.2, 0.25) is 10.0 Å². The highest BCUT2D eigenvalue weighted by Crippen LogP contribution is 2.20. The van der Waals surface area contributed by atoms with Crippen LogP contribution < -0.4 is 9.46 Å². The van der Waals surface area contributed by atoms with E-state index in [0.29, 0.717) is 5.69 Å². The fourth-order valence-corrected chi connectivity index (χ4v) is 2.44. The maximum atomic E-state index is 11.8. The zero-order valence-electron chi connectivity index (χ0n) is 12.8. The number of aromatic nitrogens is 2. The number of methoxy groups -OCH3 is 1. The quantitative estimate of drug-likeness (QED) is 0.880. The first-order valence-corrected chi connectivity index (χ1v) is 8.41. The summed E-state index contributed by atoms with van der Waals surface area (Å²) in [7, 11) is -1.70. The number of sulfonamides is 1. The zero-order chi connectivity index (χ0) is 16.2. The van der Waals surface area contributed by atoms with Crippen LogP contribution in [0.15, 0.2) is 36.7 Å². The summed E-state index contributed by atoms with van der Waals surface area (Å²) >= 11 is 0. The van der Waals surface area contributed by atoms with Crippen LogP contribution in [0.3, 0.4) is 0 Å². The van der Waals surface area contributed by atoms with E-state index in [1.165, 1.54) is 6.33 Å². The number of hydrogen-bond donors (Lipinski definition) is 1. The summed E-state index contributed by atoms with van der Waals surface area (Å²) in [5.74, 6) is 0.766. The molecule has 0 bridgehead atoms. The number of nitrogens with one attached hydrogen (secondary N) is 1. The molecule has 0 atom stereocenters. The van der Waals surface area contributed by atoms with Crippen LogP contribution in [-0.4, -0.2) is 30.7 Å². The van der Waals surface area contributed by atoms with Crippen molar-refractivity contribution in [1.29, 1.82) is 0 Å². The van der Waals surface area contributed by atoms with Gasteiger partial charge in [-0.05, 0) is 44.2 Å². The summed E-state index contributed by atoms with van der Waals surface area (Å²) in [5, 5.41) is -0.476. The summed E-state index contributed by atoms with van der Waals surface area (Å²) in [5.41, 5.74) is 2.26. The Balaban J connectivity index is 2.16. The molecular weight excluding hydrogens is 302 g/mol. The minimum atomic E-state index is -3.31. The molecule has 0 saturated carbocycles. The topological polar surface area (TPSA) is 81.2 Å². The Morgan fingerprint density at radius 1 is 1.18 bits per heavy atom. The lowest BCUT2D eigenvalue weighted by Crippen LogP contribution is -2.30. The third kappa shape index (κ3) is 4.02. The minimum Gasteiger partial charge on any atom is -0.497 e. The molecule has 1 aromatic carbocycles. The Morgan fingerprint density at radius 3 is 2.45 bits per heavy atom. The molecule has 0 radical (unpaired) electrons. The molecule has 0 aliphatic rings. The number of hydrogen-bond acceptors (Lipinski definition) is 5. The molecule has 0 fully saturated rings. The summed E-state index contributed by atoms with van der Waals surface area (Å²) in [6.07, 6.45) is 1.43. The van der Waals surface area contributed by atoms with Crippen LogP contribution >= 0.6 is 0 Å². The molecule has 7 heteroatoms. The Bertz CT molecular complexity index is 728. The van der Waals surface area contributed by atoms with Crippen LogP contribution in [0.4, 0.5) is 0 Å². The highest BCUT2D eigenvalue weighted by Gasteiger charge is 2.15. The summed E-state index contributed by atoms with van der Waals surface area (Å²) in [6.45, 7) is 3.41. The van der Waals surface area contributed by atoms with Crippen LogP contribution in [0, 0.1) is 0 Å². The van der Waals surface area contributed by atoms with Crippen LogP contribution in [0.1, 0.15) is 19.5 Å². The van der Waals surface area contributed by atoms with Crippen LogP contribution in [-0.2, 0) is 16.6 Å². The first-order valence-electron chi connectivity index (χ1n) is 6.86. The maximum absolute atomic E-state index is 11.8. The van der Waals surface area contributed by atoms with Gasteiger partial charge < -0.3 is 4.74 Å². The Morgan fingerprint density at radius 2 is 1.86 bits per heavy atom. The summed E-state index contributed by atoms with van der Waals surface area (Å²) < 4.78 is 31.2. The Hall–Kier alpha value is -1.99. The van der Waals surface area contributed by atoms with Gasteiger partial charge in [-0.15, -0.1) is 0 Å². The highest BCUT2D eigenvalue weighted by molar-refractivity contribution is 7.90. The molecule has 1 aromatic heterocycles. The summed E-state index contributed by atoms with van der Waals surface area (Å²) in [6, 6.07) is 9.24. The molecule has 2 aromatic rings. The predicted octanol–water partition coefficient (Wildman–Crippen LogP) is 1.98. The average Bonchev–Trinajstić information content (AvgIpc) is 2.53. The van der Waals surface area contributed by atoms with Gasteiger partial charge >= 0.3 is 0 Å². The molecule has 118 valence electrons. The van der Waals surface area contributed by atoms with Gasteiger partial charge in [0.25, 0.3) is 0 Å². The molecule has 0 spiro atoms. The standard InChI is InChI=1S/C15H19N3O3S/c1-11(2)22(19,20)18-9-13-8-15(17-10-16-13)12-4-6-14(21-3)7-5-12/h4-8,10-11,18H,9H2,1-3H3. The van der Waals surface area contributed by atoms with E-state index in [-0.39, 0.29) is 6.54 Å². The van der Waals surface area contributed by atoms with E-state index in [9.17, 15) is 8.42 Å². The number of benzene rings is 1. The van der Waals surface area contributed by atoms with Crippen molar-refractivity contribution in [3.8, 4) is 17.0 Å².